The quantitative estimate of drug-likeness (QED) is 0.904. The van der Waals surface area contributed by atoms with E-state index < -0.39 is 15.9 Å². The summed E-state index contributed by atoms with van der Waals surface area (Å²) in [5.74, 6) is -0.244. The number of benzene rings is 1. The number of halogens is 1. The molecule has 0 aromatic heterocycles. The molecular weight excluding hydrogens is 300 g/mol. The fourth-order valence-corrected chi connectivity index (χ4v) is 2.76. The Kier molecular flexibility index (Phi) is 5.54. The molecular formula is C13H15ClN2O3S. The van der Waals surface area contributed by atoms with Gasteiger partial charge in [0.2, 0.25) is 5.91 Å². The molecule has 0 radical (unpaired) electrons. The minimum atomic E-state index is -3.95. The molecule has 0 aliphatic carbocycles. The average Bonchev–Trinajstić information content (AvgIpc) is 2.35. The molecule has 1 aromatic rings. The number of amides is 1. The zero-order valence-corrected chi connectivity index (χ0v) is 12.8. The molecule has 0 saturated heterocycles. The molecule has 1 rings (SSSR count). The van der Waals surface area contributed by atoms with Crippen molar-refractivity contribution in [2.75, 3.05) is 0 Å². The molecule has 108 valence electrons. The Bertz CT molecular complexity index is 648. The van der Waals surface area contributed by atoms with Gasteiger partial charge in [0.1, 0.15) is 6.07 Å². The van der Waals surface area contributed by atoms with Gasteiger partial charge < -0.3 is 0 Å². The summed E-state index contributed by atoms with van der Waals surface area (Å²) < 4.78 is 25.9. The first-order chi connectivity index (χ1) is 9.26. The van der Waals surface area contributed by atoms with Crippen LogP contribution in [0.2, 0.25) is 5.02 Å². The smallest absolute Gasteiger partial charge is 0.264 e. The number of hydrogen-bond donors (Lipinski definition) is 1. The third-order valence-corrected chi connectivity index (χ3v) is 4.25. The molecule has 20 heavy (non-hydrogen) atoms. The first-order valence-electron chi connectivity index (χ1n) is 6.01. The Hall–Kier alpha value is -1.58. The minimum Gasteiger partial charge on any atom is -0.274 e. The predicted octanol–water partition coefficient (Wildman–Crippen LogP) is 2.45. The highest BCUT2D eigenvalue weighted by Gasteiger charge is 2.18. The van der Waals surface area contributed by atoms with Crippen molar-refractivity contribution in [3.05, 3.63) is 28.8 Å². The van der Waals surface area contributed by atoms with Gasteiger partial charge in [0, 0.05) is 6.42 Å². The number of nitriles is 1. The Morgan fingerprint density at radius 1 is 1.45 bits per heavy atom. The summed E-state index contributed by atoms with van der Waals surface area (Å²) in [5, 5.41) is 8.76. The SMILES string of the molecule is CC(C)CCC(=O)NS(=O)(=O)c1ccc(C#N)c(Cl)c1. The number of carbonyl (C=O) groups is 1. The van der Waals surface area contributed by atoms with Gasteiger partial charge >= 0.3 is 0 Å². The standard InChI is InChI=1S/C13H15ClN2O3S/c1-9(2)3-6-13(17)16-20(18,19)11-5-4-10(8-15)12(14)7-11/h4-5,7,9H,3,6H2,1-2H3,(H,16,17). The van der Waals surface area contributed by atoms with Crippen LogP contribution >= 0.6 is 11.6 Å². The lowest BCUT2D eigenvalue weighted by molar-refractivity contribution is -0.119. The zero-order valence-electron chi connectivity index (χ0n) is 11.2. The predicted molar refractivity (Wildman–Crippen MR) is 75.6 cm³/mol. The molecule has 0 bridgehead atoms. The molecule has 1 N–H and O–H groups in total. The van der Waals surface area contributed by atoms with Crippen LogP contribution in [0, 0.1) is 17.2 Å². The first-order valence-corrected chi connectivity index (χ1v) is 7.87. The van der Waals surface area contributed by atoms with Crippen molar-refractivity contribution in [1.82, 2.24) is 4.72 Å². The third kappa shape index (κ3) is 4.51. The summed E-state index contributed by atoms with van der Waals surface area (Å²) in [6, 6.07) is 5.52. The molecule has 0 saturated carbocycles. The molecule has 0 fully saturated rings. The summed E-state index contributed by atoms with van der Waals surface area (Å²) >= 11 is 5.78. The molecule has 0 aliphatic heterocycles. The molecule has 7 heteroatoms. The molecule has 0 unspecified atom stereocenters. The van der Waals surface area contributed by atoms with Crippen molar-refractivity contribution in [3.63, 3.8) is 0 Å². The van der Waals surface area contributed by atoms with Crippen LogP contribution < -0.4 is 4.72 Å². The van der Waals surface area contributed by atoms with Gasteiger partial charge in [0.15, 0.2) is 0 Å². The Balaban J connectivity index is 2.87. The van der Waals surface area contributed by atoms with Gasteiger partial charge in [-0.15, -0.1) is 0 Å². The highest BCUT2D eigenvalue weighted by atomic mass is 35.5. The molecule has 0 spiro atoms. The summed E-state index contributed by atoms with van der Waals surface area (Å²) in [6.07, 6.45) is 0.746. The lowest BCUT2D eigenvalue weighted by atomic mass is 10.1. The summed E-state index contributed by atoms with van der Waals surface area (Å²) in [4.78, 5) is 11.4. The first kappa shape index (κ1) is 16.5. The van der Waals surface area contributed by atoms with Gasteiger partial charge in [-0.05, 0) is 30.5 Å². The van der Waals surface area contributed by atoms with E-state index in [0.29, 0.717) is 12.3 Å². The van der Waals surface area contributed by atoms with Crippen LogP contribution in [0.1, 0.15) is 32.3 Å². The van der Waals surface area contributed by atoms with E-state index in [2.05, 4.69) is 0 Å². The lowest BCUT2D eigenvalue weighted by Crippen LogP contribution is -2.30. The summed E-state index contributed by atoms with van der Waals surface area (Å²) in [7, 11) is -3.95. The van der Waals surface area contributed by atoms with Crippen LogP contribution in [-0.2, 0) is 14.8 Å². The van der Waals surface area contributed by atoms with E-state index in [9.17, 15) is 13.2 Å². The number of nitrogens with zero attached hydrogens (tertiary/aromatic N) is 1. The fraction of sp³-hybridized carbons (Fsp3) is 0.385. The number of sulfonamides is 1. The average molecular weight is 315 g/mol. The van der Waals surface area contributed by atoms with Crippen LogP contribution in [0.5, 0.6) is 0 Å². The maximum Gasteiger partial charge on any atom is 0.264 e. The number of nitrogens with one attached hydrogen (secondary N) is 1. The van der Waals surface area contributed by atoms with Gasteiger partial charge in [0.25, 0.3) is 10.0 Å². The summed E-state index contributed by atoms with van der Waals surface area (Å²) in [6.45, 7) is 3.89. The van der Waals surface area contributed by atoms with Crippen LogP contribution in [-0.4, -0.2) is 14.3 Å². The highest BCUT2D eigenvalue weighted by Crippen LogP contribution is 2.20. The maximum atomic E-state index is 12.0. The van der Waals surface area contributed by atoms with Crippen molar-refractivity contribution in [3.8, 4) is 6.07 Å². The van der Waals surface area contributed by atoms with Crippen molar-refractivity contribution in [1.29, 1.82) is 5.26 Å². The van der Waals surface area contributed by atoms with Crippen molar-refractivity contribution in [2.45, 2.75) is 31.6 Å². The second kappa shape index (κ2) is 6.73. The zero-order chi connectivity index (χ0) is 15.3. The third-order valence-electron chi connectivity index (χ3n) is 2.57. The maximum absolute atomic E-state index is 12.0. The molecule has 1 amide bonds. The topological polar surface area (TPSA) is 87.0 Å². The Morgan fingerprint density at radius 3 is 2.60 bits per heavy atom. The molecule has 0 heterocycles. The van der Waals surface area contributed by atoms with Gasteiger partial charge in [0.05, 0.1) is 15.5 Å². The second-order valence-electron chi connectivity index (χ2n) is 4.71. The van der Waals surface area contributed by atoms with Crippen LogP contribution in [0.25, 0.3) is 0 Å². The minimum absolute atomic E-state index is 0.0324. The van der Waals surface area contributed by atoms with Crippen molar-refractivity contribution >= 4 is 27.5 Å². The van der Waals surface area contributed by atoms with E-state index in [0.717, 1.165) is 6.07 Å². The lowest BCUT2D eigenvalue weighted by Gasteiger charge is -2.08. The van der Waals surface area contributed by atoms with E-state index >= 15 is 0 Å². The van der Waals surface area contributed by atoms with E-state index in [1.165, 1.54) is 12.1 Å². The largest absolute Gasteiger partial charge is 0.274 e. The number of carbonyl (C=O) groups excluding carboxylic acids is 1. The Labute approximate surface area is 123 Å². The van der Waals surface area contributed by atoms with Gasteiger partial charge in [-0.2, -0.15) is 5.26 Å². The fourth-order valence-electron chi connectivity index (χ4n) is 1.43. The van der Waals surface area contributed by atoms with E-state index in [1.807, 2.05) is 24.6 Å². The van der Waals surface area contributed by atoms with Gasteiger partial charge in [-0.25, -0.2) is 13.1 Å². The highest BCUT2D eigenvalue weighted by molar-refractivity contribution is 7.90. The van der Waals surface area contributed by atoms with E-state index in [4.69, 9.17) is 16.9 Å². The van der Waals surface area contributed by atoms with Gasteiger partial charge in [-0.3, -0.25) is 4.79 Å². The summed E-state index contributed by atoms with van der Waals surface area (Å²) in [5.41, 5.74) is 0.178. The molecule has 0 atom stereocenters. The normalized spacial score (nSPS) is 11.2. The van der Waals surface area contributed by atoms with Crippen LogP contribution in [0.3, 0.4) is 0 Å². The van der Waals surface area contributed by atoms with E-state index in [1.54, 1.807) is 0 Å². The van der Waals surface area contributed by atoms with Crippen LogP contribution in [0.15, 0.2) is 23.1 Å². The van der Waals surface area contributed by atoms with Crippen LogP contribution in [0.4, 0.5) is 0 Å². The van der Waals surface area contributed by atoms with Gasteiger partial charge in [-0.1, -0.05) is 25.4 Å². The number of hydrogen-bond acceptors (Lipinski definition) is 4. The van der Waals surface area contributed by atoms with Crippen molar-refractivity contribution < 1.29 is 13.2 Å². The number of rotatable bonds is 5. The molecule has 1 aromatic carbocycles. The monoisotopic (exact) mass is 314 g/mol. The molecule has 0 aliphatic rings. The van der Waals surface area contributed by atoms with E-state index in [-0.39, 0.29) is 21.9 Å². The van der Waals surface area contributed by atoms with Crippen molar-refractivity contribution in [2.24, 2.45) is 5.92 Å². The second-order valence-corrected chi connectivity index (χ2v) is 6.80. The molecule has 5 nitrogen and oxygen atoms in total. The Morgan fingerprint density at radius 2 is 2.10 bits per heavy atom.